The van der Waals surface area contributed by atoms with Crippen molar-refractivity contribution in [3.8, 4) is 0 Å². The number of piperidine rings is 1. The molecule has 2 atom stereocenters. The maximum Gasteiger partial charge on any atom is 0.255 e. The summed E-state index contributed by atoms with van der Waals surface area (Å²) in [6.07, 6.45) is 3.92. The van der Waals surface area contributed by atoms with Crippen LogP contribution in [-0.2, 0) is 4.74 Å². The van der Waals surface area contributed by atoms with Crippen LogP contribution in [0, 0.1) is 23.7 Å². The van der Waals surface area contributed by atoms with E-state index in [4.69, 9.17) is 26.5 Å². The van der Waals surface area contributed by atoms with E-state index in [1.165, 1.54) is 38.7 Å². The molecule has 0 bridgehead atoms. The number of furan rings is 1. The third kappa shape index (κ3) is 3.96. The van der Waals surface area contributed by atoms with Gasteiger partial charge in [-0.1, -0.05) is 11.6 Å². The van der Waals surface area contributed by atoms with E-state index in [1.54, 1.807) is 12.1 Å². The number of likely N-dealkylation sites (tertiary alicyclic amines) is 1. The normalized spacial score (nSPS) is 26.9. The van der Waals surface area contributed by atoms with Gasteiger partial charge in [0.2, 0.25) is 0 Å². The van der Waals surface area contributed by atoms with E-state index in [9.17, 15) is 4.79 Å². The molecule has 2 aliphatic heterocycles. The van der Waals surface area contributed by atoms with Crippen LogP contribution in [0.5, 0.6) is 0 Å². The first-order valence-corrected chi connectivity index (χ1v) is 10.5. The molecule has 0 radical (unpaired) electrons. The Morgan fingerprint density at radius 2 is 2.00 bits per heavy atom. The maximum absolute atomic E-state index is 12.7. The number of hydrogen-bond donors (Lipinski definition) is 2. The van der Waals surface area contributed by atoms with Crippen molar-refractivity contribution in [1.82, 2.24) is 10.2 Å². The van der Waals surface area contributed by atoms with Gasteiger partial charge in [0.1, 0.15) is 5.58 Å². The molecule has 6 nitrogen and oxygen atoms in total. The highest BCUT2D eigenvalue weighted by Gasteiger charge is 2.55. The Morgan fingerprint density at radius 1 is 1.28 bits per heavy atom. The Balaban J connectivity index is 0.00000205. The fourth-order valence-electron chi connectivity index (χ4n) is 5.09. The van der Waals surface area contributed by atoms with Gasteiger partial charge in [0.05, 0.1) is 22.5 Å². The number of fused-ring (bicyclic) bond motifs is 2. The highest BCUT2D eigenvalue weighted by Crippen LogP contribution is 2.51. The maximum atomic E-state index is 12.7. The summed E-state index contributed by atoms with van der Waals surface area (Å²) in [5.74, 6) is 2.67. The molecule has 3 N–H and O–H groups in total. The zero-order valence-corrected chi connectivity index (χ0v) is 17.8. The summed E-state index contributed by atoms with van der Waals surface area (Å²) in [6, 6.07) is 3.34. The van der Waals surface area contributed by atoms with Gasteiger partial charge in [-0.2, -0.15) is 0 Å². The summed E-state index contributed by atoms with van der Waals surface area (Å²) < 4.78 is 10.9. The quantitative estimate of drug-likeness (QED) is 0.697. The SMILES string of the molecule is Cl.Nc1c(Cl)cc(C(=O)NCC2C3CN(CC4CCOCC4)CC23)c2occc12. The fraction of sp³-hybridized carbons (Fsp3) is 0.571. The Hall–Kier alpha value is -1.47. The van der Waals surface area contributed by atoms with E-state index in [-0.39, 0.29) is 18.3 Å². The lowest BCUT2D eigenvalue weighted by molar-refractivity contribution is 0.0535. The molecular weight excluding hydrogens is 413 g/mol. The summed E-state index contributed by atoms with van der Waals surface area (Å²) in [7, 11) is 0. The van der Waals surface area contributed by atoms with Crippen molar-refractivity contribution in [3.05, 3.63) is 29.0 Å². The second-order valence-corrected chi connectivity index (χ2v) is 8.87. The highest BCUT2D eigenvalue weighted by molar-refractivity contribution is 6.35. The fourth-order valence-corrected chi connectivity index (χ4v) is 5.30. The van der Waals surface area contributed by atoms with Crippen molar-refractivity contribution < 1.29 is 13.9 Å². The van der Waals surface area contributed by atoms with E-state index >= 15 is 0 Å². The first kappa shape index (κ1) is 20.8. The smallest absolute Gasteiger partial charge is 0.255 e. The van der Waals surface area contributed by atoms with Crippen LogP contribution in [0.1, 0.15) is 23.2 Å². The number of nitrogens with two attached hydrogens (primary N) is 1. The predicted octanol–water partition coefficient (Wildman–Crippen LogP) is 3.42. The summed E-state index contributed by atoms with van der Waals surface area (Å²) in [5.41, 5.74) is 7.37. The molecule has 1 aromatic carbocycles. The third-order valence-electron chi connectivity index (χ3n) is 6.78. The number of carbonyl (C=O) groups excluding carboxylic acids is 1. The number of carbonyl (C=O) groups is 1. The van der Waals surface area contributed by atoms with E-state index in [0.717, 1.165) is 31.0 Å². The molecule has 1 amide bonds. The van der Waals surface area contributed by atoms with Crippen LogP contribution in [0.15, 0.2) is 22.8 Å². The first-order chi connectivity index (χ1) is 13.6. The molecular formula is C21H27Cl2N3O3. The number of ether oxygens (including phenoxy) is 1. The van der Waals surface area contributed by atoms with Crippen LogP contribution in [0.25, 0.3) is 11.0 Å². The van der Waals surface area contributed by atoms with E-state index in [1.807, 2.05) is 0 Å². The van der Waals surface area contributed by atoms with Gasteiger partial charge in [-0.15, -0.1) is 12.4 Å². The van der Waals surface area contributed by atoms with E-state index in [0.29, 0.717) is 39.7 Å². The van der Waals surface area contributed by atoms with Crippen molar-refractivity contribution in [3.63, 3.8) is 0 Å². The van der Waals surface area contributed by atoms with Crippen molar-refractivity contribution in [2.75, 3.05) is 45.1 Å². The molecule has 1 aliphatic carbocycles. The molecule has 1 saturated carbocycles. The van der Waals surface area contributed by atoms with Gasteiger partial charge in [0, 0.05) is 44.8 Å². The molecule has 3 heterocycles. The molecule has 3 aliphatic rings. The molecule has 8 heteroatoms. The van der Waals surface area contributed by atoms with Crippen LogP contribution in [-0.4, -0.2) is 50.2 Å². The number of nitrogens with zero attached hydrogens (tertiary/aromatic N) is 1. The lowest BCUT2D eigenvalue weighted by Crippen LogP contribution is -2.34. The van der Waals surface area contributed by atoms with Crippen molar-refractivity contribution in [2.24, 2.45) is 23.7 Å². The van der Waals surface area contributed by atoms with E-state index in [2.05, 4.69) is 10.2 Å². The standard InChI is InChI=1S/C21H26ClN3O3.ClH/c22-18-7-14(20-13(19(18)23)3-6-28-20)21(26)24-8-15-16-10-25(11-17(15)16)9-12-1-4-27-5-2-12;/h3,6-7,12,15-17H,1-2,4-5,8-11,23H2,(H,24,26);1H. The second kappa shape index (κ2) is 8.34. The van der Waals surface area contributed by atoms with Gasteiger partial charge in [0.15, 0.2) is 0 Å². The number of halogens is 2. The van der Waals surface area contributed by atoms with Crippen molar-refractivity contribution in [1.29, 1.82) is 0 Å². The zero-order valence-electron chi connectivity index (χ0n) is 16.2. The Kier molecular flexibility index (Phi) is 5.98. The van der Waals surface area contributed by atoms with Gasteiger partial charge in [-0.05, 0) is 48.6 Å². The van der Waals surface area contributed by atoms with Gasteiger partial charge < -0.3 is 25.1 Å². The lowest BCUT2D eigenvalue weighted by Gasteiger charge is -2.28. The molecule has 158 valence electrons. The molecule has 1 aromatic heterocycles. The summed E-state index contributed by atoms with van der Waals surface area (Å²) >= 11 is 6.18. The average Bonchev–Trinajstić information content (AvgIpc) is 3.07. The van der Waals surface area contributed by atoms with Crippen molar-refractivity contribution >= 4 is 46.6 Å². The van der Waals surface area contributed by atoms with Gasteiger partial charge in [-0.25, -0.2) is 0 Å². The molecule has 2 unspecified atom stereocenters. The second-order valence-electron chi connectivity index (χ2n) is 8.46. The Bertz CT molecular complexity index is 885. The van der Waals surface area contributed by atoms with Gasteiger partial charge >= 0.3 is 0 Å². The largest absolute Gasteiger partial charge is 0.463 e. The minimum Gasteiger partial charge on any atom is -0.463 e. The summed E-state index contributed by atoms with van der Waals surface area (Å²) in [5, 5.41) is 4.15. The van der Waals surface area contributed by atoms with Crippen LogP contribution in [0.2, 0.25) is 5.02 Å². The van der Waals surface area contributed by atoms with Crippen LogP contribution in [0.3, 0.4) is 0 Å². The number of hydrogen-bond acceptors (Lipinski definition) is 5. The minimum absolute atomic E-state index is 0. The molecule has 3 fully saturated rings. The summed E-state index contributed by atoms with van der Waals surface area (Å²) in [6.45, 7) is 6.08. The number of benzene rings is 1. The monoisotopic (exact) mass is 439 g/mol. The number of nitrogens with one attached hydrogen (secondary N) is 1. The van der Waals surface area contributed by atoms with Gasteiger partial charge in [0.25, 0.3) is 5.91 Å². The van der Waals surface area contributed by atoms with Crippen molar-refractivity contribution in [2.45, 2.75) is 12.8 Å². The van der Waals surface area contributed by atoms with Crippen LogP contribution < -0.4 is 11.1 Å². The number of nitrogen functional groups attached to an aromatic ring is 1. The summed E-state index contributed by atoms with van der Waals surface area (Å²) in [4.78, 5) is 15.3. The molecule has 29 heavy (non-hydrogen) atoms. The molecule has 0 spiro atoms. The Labute approximate surface area is 181 Å². The third-order valence-corrected chi connectivity index (χ3v) is 7.09. The average molecular weight is 440 g/mol. The number of rotatable bonds is 5. The Morgan fingerprint density at radius 3 is 2.72 bits per heavy atom. The molecule has 2 aromatic rings. The first-order valence-electron chi connectivity index (χ1n) is 10.2. The van der Waals surface area contributed by atoms with Gasteiger partial charge in [-0.3, -0.25) is 4.79 Å². The lowest BCUT2D eigenvalue weighted by atomic mass is 9.99. The van der Waals surface area contributed by atoms with E-state index < -0.39 is 0 Å². The molecule has 2 saturated heterocycles. The number of amides is 1. The number of anilines is 1. The topological polar surface area (TPSA) is 80.7 Å². The zero-order chi connectivity index (χ0) is 19.3. The van der Waals surface area contributed by atoms with Crippen LogP contribution in [0.4, 0.5) is 5.69 Å². The predicted molar refractivity (Wildman–Crippen MR) is 116 cm³/mol. The minimum atomic E-state index is -0.147. The molecule has 5 rings (SSSR count). The van der Waals surface area contributed by atoms with Crippen LogP contribution >= 0.6 is 24.0 Å². The highest BCUT2D eigenvalue weighted by atomic mass is 35.5.